The molecular formula is C16H27NO4. The lowest BCUT2D eigenvalue weighted by atomic mass is 10.1. The van der Waals surface area contributed by atoms with Gasteiger partial charge < -0.3 is 24.7 Å². The summed E-state index contributed by atoms with van der Waals surface area (Å²) in [6.45, 7) is 6.91. The van der Waals surface area contributed by atoms with Gasteiger partial charge in [0.25, 0.3) is 0 Å². The zero-order valence-corrected chi connectivity index (χ0v) is 13.6. The highest BCUT2D eigenvalue weighted by Gasteiger charge is 2.15. The molecule has 0 amide bonds. The monoisotopic (exact) mass is 297 g/mol. The molecule has 1 rings (SSSR count). The molecule has 2 N–H and O–H groups in total. The Morgan fingerprint density at radius 3 is 2.00 bits per heavy atom. The zero-order valence-electron chi connectivity index (χ0n) is 13.6. The molecular weight excluding hydrogens is 270 g/mol. The molecule has 0 aliphatic heterocycles. The van der Waals surface area contributed by atoms with Gasteiger partial charge in [0.1, 0.15) is 6.61 Å². The van der Waals surface area contributed by atoms with E-state index < -0.39 is 0 Å². The van der Waals surface area contributed by atoms with Crippen LogP contribution < -0.4 is 19.9 Å². The summed E-state index contributed by atoms with van der Waals surface area (Å²) in [4.78, 5) is 0. The van der Waals surface area contributed by atoms with Gasteiger partial charge >= 0.3 is 0 Å². The molecule has 1 aromatic rings. The first-order valence-corrected chi connectivity index (χ1v) is 7.22. The number of nitrogens with two attached hydrogens (primary N) is 1. The average Bonchev–Trinajstić information content (AvgIpc) is 2.42. The van der Waals surface area contributed by atoms with Gasteiger partial charge in [0, 0.05) is 6.04 Å². The fraction of sp³-hybridized carbons (Fsp3) is 0.625. The van der Waals surface area contributed by atoms with Crippen molar-refractivity contribution in [3.05, 3.63) is 17.7 Å². The minimum atomic E-state index is 0.0747. The van der Waals surface area contributed by atoms with E-state index in [1.54, 1.807) is 14.2 Å². The van der Waals surface area contributed by atoms with E-state index in [9.17, 15) is 0 Å². The Hall–Kier alpha value is -1.46. The first-order valence-electron chi connectivity index (χ1n) is 7.22. The molecule has 0 saturated carbocycles. The van der Waals surface area contributed by atoms with Crippen molar-refractivity contribution < 1.29 is 18.9 Å². The van der Waals surface area contributed by atoms with Crippen molar-refractivity contribution in [2.45, 2.75) is 39.3 Å². The Bertz CT molecular complexity index is 407. The standard InChI is InChI=1S/C16H27NO4/c1-11(2)20-6-7-21-16-14(18-4)9-13(8-12(3)17)10-15(16)19-5/h9-12H,6-8,17H2,1-5H3. The van der Waals surface area contributed by atoms with E-state index >= 15 is 0 Å². The van der Waals surface area contributed by atoms with Crippen LogP contribution in [0.15, 0.2) is 12.1 Å². The van der Waals surface area contributed by atoms with Crippen LogP contribution in [-0.2, 0) is 11.2 Å². The summed E-state index contributed by atoms with van der Waals surface area (Å²) < 4.78 is 22.0. The van der Waals surface area contributed by atoms with Crippen LogP contribution in [0.3, 0.4) is 0 Å². The van der Waals surface area contributed by atoms with Gasteiger partial charge in [-0.25, -0.2) is 0 Å². The smallest absolute Gasteiger partial charge is 0.203 e. The summed E-state index contributed by atoms with van der Waals surface area (Å²) in [6, 6.07) is 3.94. The molecule has 1 unspecified atom stereocenters. The third kappa shape index (κ3) is 5.81. The molecule has 0 bridgehead atoms. The van der Waals surface area contributed by atoms with Gasteiger partial charge in [-0.05, 0) is 44.9 Å². The summed E-state index contributed by atoms with van der Waals surface area (Å²) in [5.41, 5.74) is 6.90. The molecule has 0 aliphatic carbocycles. The maximum Gasteiger partial charge on any atom is 0.203 e. The Morgan fingerprint density at radius 2 is 1.57 bits per heavy atom. The molecule has 5 nitrogen and oxygen atoms in total. The molecule has 0 saturated heterocycles. The lowest BCUT2D eigenvalue weighted by molar-refractivity contribution is 0.0540. The maximum atomic E-state index is 5.84. The van der Waals surface area contributed by atoms with Crippen LogP contribution >= 0.6 is 0 Å². The fourth-order valence-electron chi connectivity index (χ4n) is 1.99. The molecule has 0 aliphatic rings. The second-order valence-electron chi connectivity index (χ2n) is 5.28. The molecule has 120 valence electrons. The maximum absolute atomic E-state index is 5.84. The van der Waals surface area contributed by atoms with E-state index in [2.05, 4.69) is 0 Å². The van der Waals surface area contributed by atoms with Crippen LogP contribution in [0.2, 0.25) is 0 Å². The van der Waals surface area contributed by atoms with Crippen molar-refractivity contribution >= 4 is 0 Å². The fourth-order valence-corrected chi connectivity index (χ4v) is 1.99. The number of rotatable bonds is 9. The quantitative estimate of drug-likeness (QED) is 0.709. The Morgan fingerprint density at radius 1 is 1.00 bits per heavy atom. The molecule has 0 spiro atoms. The number of ether oxygens (including phenoxy) is 4. The van der Waals surface area contributed by atoms with Gasteiger partial charge in [0.15, 0.2) is 11.5 Å². The van der Waals surface area contributed by atoms with Crippen molar-refractivity contribution in [2.75, 3.05) is 27.4 Å². The predicted molar refractivity (Wildman–Crippen MR) is 83.5 cm³/mol. The van der Waals surface area contributed by atoms with Crippen molar-refractivity contribution in [3.63, 3.8) is 0 Å². The number of hydrogen-bond acceptors (Lipinski definition) is 5. The molecule has 5 heteroatoms. The molecule has 0 fully saturated rings. The van der Waals surface area contributed by atoms with E-state index in [0.717, 1.165) is 12.0 Å². The molecule has 21 heavy (non-hydrogen) atoms. The minimum Gasteiger partial charge on any atom is -0.493 e. The van der Waals surface area contributed by atoms with Crippen molar-refractivity contribution in [1.29, 1.82) is 0 Å². The van der Waals surface area contributed by atoms with Crippen LogP contribution in [0.1, 0.15) is 26.3 Å². The van der Waals surface area contributed by atoms with E-state index in [1.165, 1.54) is 0 Å². The van der Waals surface area contributed by atoms with Crippen LogP contribution in [0.25, 0.3) is 0 Å². The first kappa shape index (κ1) is 17.6. The van der Waals surface area contributed by atoms with Gasteiger partial charge in [-0.1, -0.05) is 0 Å². The van der Waals surface area contributed by atoms with Gasteiger partial charge in [-0.2, -0.15) is 0 Å². The highest BCUT2D eigenvalue weighted by molar-refractivity contribution is 5.54. The first-order chi connectivity index (χ1) is 9.97. The van der Waals surface area contributed by atoms with Crippen molar-refractivity contribution in [3.8, 4) is 17.2 Å². The Balaban J connectivity index is 2.85. The lowest BCUT2D eigenvalue weighted by Crippen LogP contribution is -2.18. The third-order valence-corrected chi connectivity index (χ3v) is 2.86. The average molecular weight is 297 g/mol. The highest BCUT2D eigenvalue weighted by Crippen LogP contribution is 2.38. The number of methoxy groups -OCH3 is 2. The van der Waals surface area contributed by atoms with Crippen molar-refractivity contribution in [1.82, 2.24) is 0 Å². The second kappa shape index (κ2) is 8.74. The summed E-state index contributed by atoms with van der Waals surface area (Å²) in [5.74, 6) is 1.89. The second-order valence-corrected chi connectivity index (χ2v) is 5.28. The summed E-state index contributed by atoms with van der Waals surface area (Å²) in [5, 5.41) is 0. The highest BCUT2D eigenvalue weighted by atomic mass is 16.6. The van der Waals surface area contributed by atoms with E-state index in [1.807, 2.05) is 32.9 Å². The zero-order chi connectivity index (χ0) is 15.8. The predicted octanol–water partition coefficient (Wildman–Crippen LogP) is 2.40. The summed E-state index contributed by atoms with van der Waals surface area (Å²) >= 11 is 0. The Labute approximate surface area is 127 Å². The van der Waals surface area contributed by atoms with E-state index in [-0.39, 0.29) is 12.1 Å². The molecule has 1 atom stereocenters. The number of hydrogen-bond donors (Lipinski definition) is 1. The van der Waals surface area contributed by atoms with Crippen LogP contribution in [-0.4, -0.2) is 39.6 Å². The van der Waals surface area contributed by atoms with Gasteiger partial charge in [-0.3, -0.25) is 0 Å². The van der Waals surface area contributed by atoms with Crippen LogP contribution in [0.5, 0.6) is 17.2 Å². The summed E-state index contributed by atoms with van der Waals surface area (Å²) in [6.07, 6.45) is 0.939. The molecule has 0 aromatic heterocycles. The van der Waals surface area contributed by atoms with Crippen LogP contribution in [0.4, 0.5) is 0 Å². The number of benzene rings is 1. The largest absolute Gasteiger partial charge is 0.493 e. The van der Waals surface area contributed by atoms with Crippen LogP contribution in [0, 0.1) is 0 Å². The lowest BCUT2D eigenvalue weighted by Gasteiger charge is -2.17. The molecule has 0 radical (unpaired) electrons. The molecule has 0 heterocycles. The van der Waals surface area contributed by atoms with E-state index in [0.29, 0.717) is 30.5 Å². The van der Waals surface area contributed by atoms with Crippen molar-refractivity contribution in [2.24, 2.45) is 5.73 Å². The van der Waals surface area contributed by atoms with Gasteiger partial charge in [0.05, 0.1) is 26.9 Å². The summed E-state index contributed by atoms with van der Waals surface area (Å²) in [7, 11) is 3.23. The molecule has 1 aromatic carbocycles. The Kier molecular flexibility index (Phi) is 7.32. The van der Waals surface area contributed by atoms with Gasteiger partial charge in [-0.15, -0.1) is 0 Å². The van der Waals surface area contributed by atoms with E-state index in [4.69, 9.17) is 24.7 Å². The minimum absolute atomic E-state index is 0.0747. The topological polar surface area (TPSA) is 62.9 Å². The SMILES string of the molecule is COc1cc(CC(C)N)cc(OC)c1OCCOC(C)C. The van der Waals surface area contributed by atoms with Gasteiger partial charge in [0.2, 0.25) is 5.75 Å². The third-order valence-electron chi connectivity index (χ3n) is 2.86. The normalized spacial score (nSPS) is 12.3.